The lowest BCUT2D eigenvalue weighted by Gasteiger charge is -2.35. The first-order valence-corrected chi connectivity index (χ1v) is 7.80. The summed E-state index contributed by atoms with van der Waals surface area (Å²) in [5.74, 6) is 0. The third-order valence-corrected chi connectivity index (χ3v) is 3.72. The molecule has 0 radical (unpaired) electrons. The number of amides is 1. The summed E-state index contributed by atoms with van der Waals surface area (Å²) in [6, 6.07) is 6.18. The Labute approximate surface area is 133 Å². The summed E-state index contributed by atoms with van der Waals surface area (Å²) in [6.07, 6.45) is -0.220. The molecular weight excluding hydrogens is 278 g/mol. The van der Waals surface area contributed by atoms with Crippen LogP contribution in [-0.4, -0.2) is 47.7 Å². The molecule has 0 saturated carbocycles. The minimum atomic E-state index is -0.440. The van der Waals surface area contributed by atoms with Crippen LogP contribution < -0.4 is 5.73 Å². The maximum absolute atomic E-state index is 12.0. The molecule has 0 aliphatic carbocycles. The average molecular weight is 305 g/mol. The van der Waals surface area contributed by atoms with Gasteiger partial charge < -0.3 is 15.4 Å². The summed E-state index contributed by atoms with van der Waals surface area (Å²) in [5, 5.41) is 0. The van der Waals surface area contributed by atoms with Crippen molar-refractivity contribution in [1.29, 1.82) is 0 Å². The number of nitrogens with two attached hydrogens (primary N) is 1. The van der Waals surface area contributed by atoms with Gasteiger partial charge in [0.1, 0.15) is 5.60 Å². The highest BCUT2D eigenvalue weighted by molar-refractivity contribution is 5.68. The van der Waals surface area contributed by atoms with Crippen molar-refractivity contribution in [3.05, 3.63) is 29.3 Å². The quantitative estimate of drug-likeness (QED) is 0.853. The molecule has 1 amide bonds. The van der Waals surface area contributed by atoms with E-state index < -0.39 is 5.60 Å². The SMILES string of the molecule is Cc1ccc(CN2CCN(C(=O)OC(C)(C)C)CC2)c(N)c1. The Morgan fingerprint density at radius 3 is 2.41 bits per heavy atom. The van der Waals surface area contributed by atoms with Crippen LogP contribution in [0.3, 0.4) is 0 Å². The van der Waals surface area contributed by atoms with Crippen LogP contribution in [0.5, 0.6) is 0 Å². The number of nitrogen functional groups attached to an aromatic ring is 1. The van der Waals surface area contributed by atoms with E-state index in [1.54, 1.807) is 4.90 Å². The summed E-state index contributed by atoms with van der Waals surface area (Å²) in [6.45, 7) is 11.6. The largest absolute Gasteiger partial charge is 0.444 e. The van der Waals surface area contributed by atoms with Gasteiger partial charge in [0.05, 0.1) is 0 Å². The van der Waals surface area contributed by atoms with Crippen molar-refractivity contribution in [3.8, 4) is 0 Å². The van der Waals surface area contributed by atoms with Crippen LogP contribution in [-0.2, 0) is 11.3 Å². The summed E-state index contributed by atoms with van der Waals surface area (Å²) < 4.78 is 5.41. The first-order valence-electron chi connectivity index (χ1n) is 7.80. The number of benzene rings is 1. The van der Waals surface area contributed by atoms with E-state index in [2.05, 4.69) is 17.0 Å². The molecule has 0 bridgehead atoms. The van der Waals surface area contributed by atoms with Gasteiger partial charge in [-0.2, -0.15) is 0 Å². The molecule has 0 atom stereocenters. The number of nitrogens with zero attached hydrogens (tertiary/aromatic N) is 2. The fourth-order valence-electron chi connectivity index (χ4n) is 2.51. The van der Waals surface area contributed by atoms with Gasteiger partial charge in [0, 0.05) is 38.4 Å². The number of aryl methyl sites for hydroxylation is 1. The monoisotopic (exact) mass is 305 g/mol. The molecule has 2 rings (SSSR count). The lowest BCUT2D eigenvalue weighted by atomic mass is 10.1. The lowest BCUT2D eigenvalue weighted by Crippen LogP contribution is -2.49. The number of carbonyl (C=O) groups excluding carboxylic acids is 1. The third kappa shape index (κ3) is 4.63. The van der Waals surface area contributed by atoms with Crippen molar-refractivity contribution in [1.82, 2.24) is 9.80 Å². The molecule has 22 heavy (non-hydrogen) atoms. The van der Waals surface area contributed by atoms with E-state index in [1.807, 2.05) is 33.8 Å². The minimum Gasteiger partial charge on any atom is -0.444 e. The number of piperazine rings is 1. The van der Waals surface area contributed by atoms with Crippen LogP contribution in [0.4, 0.5) is 10.5 Å². The fraction of sp³-hybridized carbons (Fsp3) is 0.588. The zero-order valence-corrected chi connectivity index (χ0v) is 14.1. The normalized spacial score (nSPS) is 16.6. The average Bonchev–Trinajstić information content (AvgIpc) is 2.41. The van der Waals surface area contributed by atoms with Gasteiger partial charge in [-0.15, -0.1) is 0 Å². The maximum atomic E-state index is 12.0. The van der Waals surface area contributed by atoms with E-state index in [1.165, 1.54) is 5.56 Å². The van der Waals surface area contributed by atoms with E-state index >= 15 is 0 Å². The second kappa shape index (κ2) is 6.57. The highest BCUT2D eigenvalue weighted by Crippen LogP contribution is 2.18. The van der Waals surface area contributed by atoms with Crippen molar-refractivity contribution in [3.63, 3.8) is 0 Å². The molecule has 1 aromatic rings. The van der Waals surface area contributed by atoms with Crippen LogP contribution in [0.2, 0.25) is 0 Å². The van der Waals surface area contributed by atoms with Gasteiger partial charge in [-0.05, 0) is 44.9 Å². The lowest BCUT2D eigenvalue weighted by molar-refractivity contribution is 0.0139. The molecule has 1 fully saturated rings. The van der Waals surface area contributed by atoms with Gasteiger partial charge in [-0.1, -0.05) is 12.1 Å². The third-order valence-electron chi connectivity index (χ3n) is 3.72. The van der Waals surface area contributed by atoms with Crippen LogP contribution >= 0.6 is 0 Å². The second-order valence-electron chi connectivity index (χ2n) is 6.95. The summed E-state index contributed by atoms with van der Waals surface area (Å²) in [7, 11) is 0. The van der Waals surface area contributed by atoms with Crippen LogP contribution in [0.15, 0.2) is 18.2 Å². The first-order chi connectivity index (χ1) is 10.2. The number of ether oxygens (including phenoxy) is 1. The van der Waals surface area contributed by atoms with Crippen molar-refractivity contribution in [2.45, 2.75) is 39.8 Å². The molecule has 5 nitrogen and oxygen atoms in total. The van der Waals surface area contributed by atoms with Gasteiger partial charge >= 0.3 is 6.09 Å². The standard InChI is InChI=1S/C17H27N3O2/c1-13-5-6-14(15(18)11-13)12-19-7-9-20(10-8-19)16(21)22-17(2,3)4/h5-6,11H,7-10,12,18H2,1-4H3. The zero-order valence-electron chi connectivity index (χ0n) is 14.1. The second-order valence-corrected chi connectivity index (χ2v) is 6.95. The molecule has 1 aliphatic heterocycles. The van der Waals surface area contributed by atoms with Gasteiger partial charge in [0.15, 0.2) is 0 Å². The predicted octanol–water partition coefficient (Wildman–Crippen LogP) is 2.63. The van der Waals surface area contributed by atoms with Gasteiger partial charge in [0.2, 0.25) is 0 Å². The maximum Gasteiger partial charge on any atom is 0.410 e. The number of rotatable bonds is 2. The number of carbonyl (C=O) groups is 1. The Kier molecular flexibility index (Phi) is 4.96. The first kappa shape index (κ1) is 16.6. The molecule has 0 aromatic heterocycles. The smallest absolute Gasteiger partial charge is 0.410 e. The molecule has 1 heterocycles. The molecule has 122 valence electrons. The number of hydrogen-bond donors (Lipinski definition) is 1. The van der Waals surface area contributed by atoms with E-state index in [-0.39, 0.29) is 6.09 Å². The van der Waals surface area contributed by atoms with Crippen molar-refractivity contribution in [2.24, 2.45) is 0 Å². The van der Waals surface area contributed by atoms with Crippen LogP contribution in [0.25, 0.3) is 0 Å². The molecule has 0 unspecified atom stereocenters. The Morgan fingerprint density at radius 1 is 1.23 bits per heavy atom. The Morgan fingerprint density at radius 2 is 1.86 bits per heavy atom. The Bertz CT molecular complexity index is 529. The molecule has 0 spiro atoms. The number of hydrogen-bond acceptors (Lipinski definition) is 4. The molecular formula is C17H27N3O2. The van der Waals surface area contributed by atoms with Crippen molar-refractivity contribution >= 4 is 11.8 Å². The van der Waals surface area contributed by atoms with Crippen molar-refractivity contribution < 1.29 is 9.53 Å². The zero-order chi connectivity index (χ0) is 16.3. The molecule has 1 aliphatic rings. The highest BCUT2D eigenvalue weighted by atomic mass is 16.6. The summed E-state index contributed by atoms with van der Waals surface area (Å²) >= 11 is 0. The summed E-state index contributed by atoms with van der Waals surface area (Å²) in [4.78, 5) is 16.1. The number of anilines is 1. The Hall–Kier alpha value is -1.75. The molecule has 2 N–H and O–H groups in total. The molecule has 5 heteroatoms. The van der Waals surface area contributed by atoms with E-state index in [4.69, 9.17) is 10.5 Å². The molecule has 1 aromatic carbocycles. The van der Waals surface area contributed by atoms with Gasteiger partial charge in [-0.3, -0.25) is 4.90 Å². The van der Waals surface area contributed by atoms with Gasteiger partial charge in [-0.25, -0.2) is 4.79 Å². The molecule has 1 saturated heterocycles. The van der Waals surface area contributed by atoms with E-state index in [9.17, 15) is 4.79 Å². The predicted molar refractivity (Wildman–Crippen MR) is 88.7 cm³/mol. The minimum absolute atomic E-state index is 0.220. The summed E-state index contributed by atoms with van der Waals surface area (Å²) in [5.41, 5.74) is 8.80. The van der Waals surface area contributed by atoms with Crippen LogP contribution in [0, 0.1) is 6.92 Å². The van der Waals surface area contributed by atoms with Crippen molar-refractivity contribution in [2.75, 3.05) is 31.9 Å². The van der Waals surface area contributed by atoms with Crippen LogP contribution in [0.1, 0.15) is 31.9 Å². The fourth-order valence-corrected chi connectivity index (χ4v) is 2.51. The van der Waals surface area contributed by atoms with E-state index in [0.29, 0.717) is 13.1 Å². The Balaban J connectivity index is 1.86. The van der Waals surface area contributed by atoms with E-state index in [0.717, 1.165) is 30.9 Å². The topological polar surface area (TPSA) is 58.8 Å². The highest BCUT2D eigenvalue weighted by Gasteiger charge is 2.25. The van der Waals surface area contributed by atoms with Gasteiger partial charge in [0.25, 0.3) is 0 Å².